The Hall–Kier alpha value is -4.19. The van der Waals surface area contributed by atoms with Crippen molar-refractivity contribution in [3.05, 3.63) is 76.4 Å². The van der Waals surface area contributed by atoms with Crippen molar-refractivity contribution >= 4 is 22.2 Å². The first-order valence-corrected chi connectivity index (χ1v) is 11.7. The van der Waals surface area contributed by atoms with Gasteiger partial charge < -0.3 is 9.64 Å². The summed E-state index contributed by atoms with van der Waals surface area (Å²) >= 11 is 0. The van der Waals surface area contributed by atoms with Gasteiger partial charge in [-0.2, -0.15) is 4.98 Å². The van der Waals surface area contributed by atoms with Crippen molar-refractivity contribution in [3.63, 3.8) is 0 Å². The Bertz CT molecular complexity index is 1720. The van der Waals surface area contributed by atoms with Crippen molar-refractivity contribution in [1.82, 2.24) is 33.6 Å². The molecule has 190 valence electrons. The number of fused-ring (bicyclic) bond motifs is 3. The smallest absolute Gasteiger partial charge is 0.331 e. The highest BCUT2D eigenvalue weighted by atomic mass is 19.1. The van der Waals surface area contributed by atoms with Crippen molar-refractivity contribution in [1.29, 1.82) is 0 Å². The number of rotatable bonds is 5. The number of imidazole rings is 2. The topological polar surface area (TPSA) is 83.0 Å². The molecule has 5 aromatic rings. The monoisotopic (exact) mass is 509 g/mol. The zero-order valence-corrected chi connectivity index (χ0v) is 20.0. The van der Waals surface area contributed by atoms with E-state index in [0.29, 0.717) is 29.6 Å². The summed E-state index contributed by atoms with van der Waals surface area (Å²) in [6, 6.07) is 5.35. The molecule has 0 amide bonds. The Kier molecular flexibility index (Phi) is 5.48. The number of hydrogen-bond acceptors (Lipinski definition) is 6. The van der Waals surface area contributed by atoms with Gasteiger partial charge in [0.1, 0.15) is 23.5 Å². The lowest BCUT2D eigenvalue weighted by atomic mass is 9.99. The second-order valence-electron chi connectivity index (χ2n) is 9.16. The van der Waals surface area contributed by atoms with E-state index in [4.69, 9.17) is 4.74 Å². The van der Waals surface area contributed by atoms with Crippen molar-refractivity contribution in [3.8, 4) is 11.7 Å². The molecule has 0 fully saturated rings. The molecule has 0 saturated carbocycles. The molecule has 3 aromatic heterocycles. The predicted octanol–water partition coefficient (Wildman–Crippen LogP) is 3.28. The van der Waals surface area contributed by atoms with Gasteiger partial charge >= 0.3 is 5.69 Å². The molecule has 0 N–H and O–H groups in total. The van der Waals surface area contributed by atoms with Crippen LogP contribution in [0.3, 0.4) is 0 Å². The quantitative estimate of drug-likeness (QED) is 0.362. The molecule has 9 nitrogen and oxygen atoms in total. The molecule has 1 aliphatic heterocycles. The van der Waals surface area contributed by atoms with Crippen LogP contribution in [0.2, 0.25) is 0 Å². The maximum absolute atomic E-state index is 15.0. The number of nitrogens with zero attached hydrogens (tertiary/aromatic N) is 7. The van der Waals surface area contributed by atoms with E-state index in [2.05, 4.69) is 15.0 Å². The molecule has 37 heavy (non-hydrogen) atoms. The SMILES string of the molecule is CN(C)CCn1c(=O)n([C@@H]2CCOc3c(F)ccc(F)c32)c2nc(-n3cnc4ccc(F)cc43)ncc21. The van der Waals surface area contributed by atoms with Crippen LogP contribution in [0.5, 0.6) is 5.75 Å². The molecule has 0 unspecified atom stereocenters. The zero-order valence-electron chi connectivity index (χ0n) is 20.0. The summed E-state index contributed by atoms with van der Waals surface area (Å²) in [4.78, 5) is 29.1. The number of benzene rings is 2. The molecule has 0 bridgehead atoms. The van der Waals surface area contributed by atoms with Crippen LogP contribution in [0, 0.1) is 17.5 Å². The van der Waals surface area contributed by atoms with Gasteiger partial charge in [-0.1, -0.05) is 0 Å². The van der Waals surface area contributed by atoms with Crippen LogP contribution >= 0.6 is 0 Å². The van der Waals surface area contributed by atoms with E-state index in [9.17, 15) is 13.6 Å². The van der Waals surface area contributed by atoms with Gasteiger partial charge in [0.25, 0.3) is 0 Å². The summed E-state index contributed by atoms with van der Waals surface area (Å²) in [6.07, 6.45) is 3.21. The average molecular weight is 509 g/mol. The molecule has 1 aliphatic rings. The van der Waals surface area contributed by atoms with Crippen LogP contribution in [-0.4, -0.2) is 60.8 Å². The summed E-state index contributed by atoms with van der Waals surface area (Å²) in [5.41, 5.74) is 1.22. The maximum atomic E-state index is 15.0. The van der Waals surface area contributed by atoms with Crippen molar-refractivity contribution in [2.24, 2.45) is 0 Å². The molecule has 6 rings (SSSR count). The van der Waals surface area contributed by atoms with E-state index in [1.165, 1.54) is 38.4 Å². The van der Waals surface area contributed by atoms with Crippen LogP contribution in [-0.2, 0) is 6.54 Å². The van der Waals surface area contributed by atoms with E-state index in [1.807, 2.05) is 19.0 Å². The van der Waals surface area contributed by atoms with E-state index in [-0.39, 0.29) is 35.9 Å². The second-order valence-corrected chi connectivity index (χ2v) is 9.16. The minimum absolute atomic E-state index is 0.0321. The number of hydrogen-bond donors (Lipinski definition) is 0. The Morgan fingerprint density at radius 3 is 2.70 bits per heavy atom. The fraction of sp³-hybridized carbons (Fsp3) is 0.280. The van der Waals surface area contributed by atoms with Crippen LogP contribution in [0.25, 0.3) is 28.1 Å². The number of aromatic nitrogens is 6. The second kappa shape index (κ2) is 8.73. The Morgan fingerprint density at radius 2 is 1.89 bits per heavy atom. The third-order valence-electron chi connectivity index (χ3n) is 6.57. The lowest BCUT2D eigenvalue weighted by Crippen LogP contribution is -2.33. The minimum Gasteiger partial charge on any atom is -0.490 e. The summed E-state index contributed by atoms with van der Waals surface area (Å²) < 4.78 is 53.4. The average Bonchev–Trinajstić information content (AvgIpc) is 3.41. The lowest BCUT2D eigenvalue weighted by Gasteiger charge is -2.27. The third-order valence-corrected chi connectivity index (χ3v) is 6.57. The van der Waals surface area contributed by atoms with Gasteiger partial charge in [0.05, 0.1) is 35.4 Å². The van der Waals surface area contributed by atoms with Gasteiger partial charge in [-0.25, -0.2) is 27.9 Å². The molecule has 0 spiro atoms. The molecule has 1 atom stereocenters. The van der Waals surface area contributed by atoms with Crippen LogP contribution in [0.4, 0.5) is 13.2 Å². The number of likely N-dealkylation sites (N-methyl/N-ethyl adjacent to an activating group) is 1. The first-order valence-electron chi connectivity index (χ1n) is 11.7. The Balaban J connectivity index is 1.60. The lowest BCUT2D eigenvalue weighted by molar-refractivity contribution is 0.237. The van der Waals surface area contributed by atoms with Crippen LogP contribution in [0.1, 0.15) is 18.0 Å². The van der Waals surface area contributed by atoms with E-state index < -0.39 is 29.2 Å². The highest BCUT2D eigenvalue weighted by Crippen LogP contribution is 2.39. The summed E-state index contributed by atoms with van der Waals surface area (Å²) in [7, 11) is 3.77. The summed E-state index contributed by atoms with van der Waals surface area (Å²) in [5, 5.41) is 0. The van der Waals surface area contributed by atoms with E-state index in [0.717, 1.165) is 12.1 Å². The zero-order chi connectivity index (χ0) is 25.8. The molecule has 2 aromatic carbocycles. The highest BCUT2D eigenvalue weighted by Gasteiger charge is 2.33. The molecule has 0 aliphatic carbocycles. The number of halogens is 3. The molecule has 4 heterocycles. The van der Waals surface area contributed by atoms with Crippen LogP contribution < -0.4 is 10.4 Å². The molecular formula is C25H22F3N7O2. The summed E-state index contributed by atoms with van der Waals surface area (Å²) in [6.45, 7) is 0.983. The van der Waals surface area contributed by atoms with Crippen molar-refractivity contribution in [2.45, 2.75) is 19.0 Å². The normalized spacial score (nSPS) is 15.5. The fourth-order valence-electron chi connectivity index (χ4n) is 4.78. The van der Waals surface area contributed by atoms with Crippen molar-refractivity contribution in [2.75, 3.05) is 27.2 Å². The summed E-state index contributed by atoms with van der Waals surface area (Å²) in [5.74, 6) is -1.87. The first-order chi connectivity index (χ1) is 17.8. The van der Waals surface area contributed by atoms with Gasteiger partial charge in [-0.05, 0) is 38.4 Å². The van der Waals surface area contributed by atoms with Gasteiger partial charge in [0.2, 0.25) is 5.95 Å². The van der Waals surface area contributed by atoms with Gasteiger partial charge in [0.15, 0.2) is 17.2 Å². The molecule has 0 radical (unpaired) electrons. The third kappa shape index (κ3) is 3.75. The number of ether oxygens (including phenoxy) is 1. The van der Waals surface area contributed by atoms with E-state index in [1.54, 1.807) is 6.07 Å². The van der Waals surface area contributed by atoms with Crippen molar-refractivity contribution < 1.29 is 17.9 Å². The van der Waals surface area contributed by atoms with Gasteiger partial charge in [-0.3, -0.25) is 13.7 Å². The Morgan fingerprint density at radius 1 is 1.08 bits per heavy atom. The Labute approximate surface area is 208 Å². The largest absolute Gasteiger partial charge is 0.490 e. The standard InChI is InChI=1S/C25H22F3N7O2/c1-32(2)8-9-33-20-12-29-24(34-13-30-17-6-3-14(26)11-19(17)34)31-23(20)35(25(33)36)18-7-10-37-22-16(28)5-4-15(27)21(18)22/h3-6,11-13,18H,7-10H2,1-2H3/t18-/m1/s1. The van der Waals surface area contributed by atoms with E-state index >= 15 is 4.39 Å². The van der Waals surface area contributed by atoms with Gasteiger partial charge in [-0.15, -0.1) is 0 Å². The van der Waals surface area contributed by atoms with Crippen LogP contribution in [0.15, 0.2) is 47.7 Å². The first kappa shape index (κ1) is 23.2. The van der Waals surface area contributed by atoms with Gasteiger partial charge in [0, 0.05) is 25.6 Å². The molecular weight excluding hydrogens is 487 g/mol. The predicted molar refractivity (Wildman–Crippen MR) is 130 cm³/mol. The molecule has 0 saturated heterocycles. The highest BCUT2D eigenvalue weighted by molar-refractivity contribution is 5.78. The molecule has 12 heteroatoms. The maximum Gasteiger partial charge on any atom is 0.331 e. The minimum atomic E-state index is -0.852. The fourth-order valence-corrected chi connectivity index (χ4v) is 4.78.